The number of carbonyl (C=O) groups is 1. The number of hydrogen-bond acceptors (Lipinski definition) is 4. The number of aromatic nitrogens is 4. The number of hydrogen-bond donors (Lipinski definition) is 1. The number of nitrogens with one attached hydrogen (secondary N) is 1. The molecule has 1 N–H and O–H groups in total. The lowest BCUT2D eigenvalue weighted by Crippen LogP contribution is -2.33. The molecule has 162 valence electrons. The summed E-state index contributed by atoms with van der Waals surface area (Å²) in [5, 5.41) is 4.00. The Hall–Kier alpha value is -4.21. The molecule has 0 radical (unpaired) electrons. The van der Waals surface area contributed by atoms with Gasteiger partial charge in [-0.2, -0.15) is 18.3 Å². The van der Waals surface area contributed by atoms with E-state index in [1.165, 1.54) is 34.1 Å². The minimum Gasteiger partial charge on any atom is -0.289 e. The summed E-state index contributed by atoms with van der Waals surface area (Å²) in [4.78, 5) is 33.9. The fourth-order valence-electron chi connectivity index (χ4n) is 3.11. The number of rotatable bonds is 5. The first-order valence-electron chi connectivity index (χ1n) is 9.46. The number of amides is 1. The molecule has 1 amide bonds. The van der Waals surface area contributed by atoms with Crippen LogP contribution < -0.4 is 10.5 Å². The van der Waals surface area contributed by atoms with Gasteiger partial charge >= 0.3 is 6.18 Å². The first-order chi connectivity index (χ1) is 15.3. The number of alkyl halides is 3. The summed E-state index contributed by atoms with van der Waals surface area (Å²) in [6.07, 6.45) is -0.296. The van der Waals surface area contributed by atoms with Gasteiger partial charge in [-0.05, 0) is 35.9 Å². The van der Waals surface area contributed by atoms with Gasteiger partial charge in [0.05, 0.1) is 18.2 Å². The Labute approximate surface area is 179 Å². The van der Waals surface area contributed by atoms with E-state index in [2.05, 4.69) is 15.1 Å². The van der Waals surface area contributed by atoms with Crippen molar-refractivity contribution in [1.82, 2.24) is 19.7 Å². The molecule has 4 rings (SSSR count). The SMILES string of the molecule is O=C(Cc1ccc(C(F)(F)F)cc1)N(c1ccccc1)c1cnc(-n2cccn2)[nH]c1=O. The molecule has 0 aliphatic carbocycles. The highest BCUT2D eigenvalue weighted by atomic mass is 19.4. The molecule has 2 aromatic heterocycles. The number of benzene rings is 2. The van der Waals surface area contributed by atoms with Crippen LogP contribution in [0, 0.1) is 0 Å². The molecule has 0 unspecified atom stereocenters. The van der Waals surface area contributed by atoms with Crippen LogP contribution in [0.25, 0.3) is 5.95 Å². The highest BCUT2D eigenvalue weighted by Gasteiger charge is 2.30. The molecule has 0 saturated carbocycles. The fraction of sp³-hybridized carbons (Fsp3) is 0.0909. The number of carbonyl (C=O) groups excluding carboxylic acids is 1. The second kappa shape index (κ2) is 8.50. The third kappa shape index (κ3) is 4.43. The lowest BCUT2D eigenvalue weighted by Gasteiger charge is -2.22. The largest absolute Gasteiger partial charge is 0.416 e. The fourth-order valence-corrected chi connectivity index (χ4v) is 3.11. The lowest BCUT2D eigenvalue weighted by molar-refractivity contribution is -0.137. The highest BCUT2D eigenvalue weighted by Crippen LogP contribution is 2.29. The molecule has 0 bridgehead atoms. The lowest BCUT2D eigenvalue weighted by atomic mass is 10.1. The predicted molar refractivity (Wildman–Crippen MR) is 111 cm³/mol. The Morgan fingerprint density at radius 1 is 1.03 bits per heavy atom. The number of H-pyrrole nitrogens is 1. The first-order valence-corrected chi connectivity index (χ1v) is 9.46. The van der Waals surface area contributed by atoms with Crippen LogP contribution in [-0.4, -0.2) is 25.7 Å². The Morgan fingerprint density at radius 2 is 1.75 bits per heavy atom. The van der Waals surface area contributed by atoms with Crippen LogP contribution in [0.15, 0.2) is 84.0 Å². The van der Waals surface area contributed by atoms with Crippen LogP contribution in [0.2, 0.25) is 0 Å². The number of para-hydroxylation sites is 1. The van der Waals surface area contributed by atoms with Crippen molar-refractivity contribution in [2.75, 3.05) is 4.90 Å². The molecule has 0 atom stereocenters. The summed E-state index contributed by atoms with van der Waals surface area (Å²) in [5.74, 6) is -0.331. The molecule has 0 aliphatic heterocycles. The predicted octanol–water partition coefficient (Wildman–Crippen LogP) is 3.88. The maximum Gasteiger partial charge on any atom is 0.416 e. The Bertz CT molecular complexity index is 1270. The van der Waals surface area contributed by atoms with Gasteiger partial charge in [-0.15, -0.1) is 0 Å². The number of halogens is 3. The molecule has 10 heteroatoms. The van der Waals surface area contributed by atoms with Gasteiger partial charge in [0.2, 0.25) is 11.9 Å². The molecule has 2 aromatic carbocycles. The summed E-state index contributed by atoms with van der Waals surface area (Å²) in [6.45, 7) is 0. The van der Waals surface area contributed by atoms with Crippen LogP contribution in [-0.2, 0) is 17.4 Å². The van der Waals surface area contributed by atoms with Crippen LogP contribution in [0.5, 0.6) is 0 Å². The van der Waals surface area contributed by atoms with Gasteiger partial charge in [0.1, 0.15) is 5.69 Å². The number of aromatic amines is 1. The van der Waals surface area contributed by atoms with Gasteiger partial charge < -0.3 is 0 Å². The third-order valence-corrected chi connectivity index (χ3v) is 4.63. The molecule has 0 saturated heterocycles. The molecule has 0 spiro atoms. The summed E-state index contributed by atoms with van der Waals surface area (Å²) in [7, 11) is 0. The van der Waals surface area contributed by atoms with Crippen molar-refractivity contribution in [3.8, 4) is 5.95 Å². The summed E-state index contributed by atoms with van der Waals surface area (Å²) in [6, 6.07) is 14.4. The van der Waals surface area contributed by atoms with Crippen molar-refractivity contribution >= 4 is 17.3 Å². The Balaban J connectivity index is 1.67. The smallest absolute Gasteiger partial charge is 0.289 e. The minimum atomic E-state index is -4.46. The Morgan fingerprint density at radius 3 is 2.34 bits per heavy atom. The standard InChI is InChI=1S/C22H16F3N5O2/c23-22(24,25)16-9-7-15(8-10-16)13-19(31)30(17-5-2-1-3-6-17)18-14-26-21(28-20(18)32)29-12-4-11-27-29/h1-12,14H,13H2,(H,26,28,32). The normalized spacial score (nSPS) is 11.3. The van der Waals surface area contributed by atoms with Crippen LogP contribution in [0.4, 0.5) is 24.5 Å². The molecule has 32 heavy (non-hydrogen) atoms. The summed E-state index contributed by atoms with van der Waals surface area (Å²) in [5.41, 5.74) is -0.604. The van der Waals surface area contributed by atoms with Crippen molar-refractivity contribution < 1.29 is 18.0 Å². The summed E-state index contributed by atoms with van der Waals surface area (Å²) >= 11 is 0. The van der Waals surface area contributed by atoms with Gasteiger partial charge in [0.25, 0.3) is 5.56 Å². The maximum absolute atomic E-state index is 13.2. The van der Waals surface area contributed by atoms with E-state index in [1.807, 2.05) is 0 Å². The third-order valence-electron chi connectivity index (χ3n) is 4.63. The Kier molecular flexibility index (Phi) is 5.59. The van der Waals surface area contributed by atoms with E-state index in [0.29, 0.717) is 11.3 Å². The van der Waals surface area contributed by atoms with Gasteiger partial charge in [0.15, 0.2) is 0 Å². The molecule has 4 aromatic rings. The van der Waals surface area contributed by atoms with Crippen molar-refractivity contribution in [3.05, 3.63) is 101 Å². The second-order valence-electron chi connectivity index (χ2n) is 6.81. The topological polar surface area (TPSA) is 83.9 Å². The van der Waals surface area contributed by atoms with E-state index in [1.54, 1.807) is 42.6 Å². The molecule has 0 aliphatic rings. The monoisotopic (exact) mass is 439 g/mol. The molecule has 2 heterocycles. The van der Waals surface area contributed by atoms with Crippen LogP contribution >= 0.6 is 0 Å². The summed E-state index contributed by atoms with van der Waals surface area (Å²) < 4.78 is 39.8. The number of anilines is 2. The van der Waals surface area contributed by atoms with Crippen molar-refractivity contribution in [1.29, 1.82) is 0 Å². The van der Waals surface area contributed by atoms with E-state index in [9.17, 15) is 22.8 Å². The highest BCUT2D eigenvalue weighted by molar-refractivity contribution is 6.01. The van der Waals surface area contributed by atoms with Crippen LogP contribution in [0.1, 0.15) is 11.1 Å². The zero-order valence-electron chi connectivity index (χ0n) is 16.5. The molecular formula is C22H16F3N5O2. The second-order valence-corrected chi connectivity index (χ2v) is 6.81. The van der Waals surface area contributed by atoms with E-state index in [-0.39, 0.29) is 18.1 Å². The van der Waals surface area contributed by atoms with Gasteiger partial charge in [0, 0.05) is 18.1 Å². The molecule has 0 fully saturated rings. The quantitative estimate of drug-likeness (QED) is 0.512. The van der Waals surface area contributed by atoms with Crippen LogP contribution in [0.3, 0.4) is 0 Å². The van der Waals surface area contributed by atoms with E-state index in [4.69, 9.17) is 0 Å². The zero-order valence-corrected chi connectivity index (χ0v) is 16.5. The van der Waals surface area contributed by atoms with Gasteiger partial charge in [-0.3, -0.25) is 19.5 Å². The van der Waals surface area contributed by atoms with E-state index >= 15 is 0 Å². The van der Waals surface area contributed by atoms with Crippen molar-refractivity contribution in [2.45, 2.75) is 12.6 Å². The van der Waals surface area contributed by atoms with Crippen molar-refractivity contribution in [3.63, 3.8) is 0 Å². The maximum atomic E-state index is 13.2. The average molecular weight is 439 g/mol. The minimum absolute atomic E-state index is 0.0241. The molecular weight excluding hydrogens is 423 g/mol. The van der Waals surface area contributed by atoms with E-state index < -0.39 is 23.2 Å². The molecule has 7 nitrogen and oxygen atoms in total. The van der Waals surface area contributed by atoms with Gasteiger partial charge in [-0.1, -0.05) is 30.3 Å². The average Bonchev–Trinajstić information content (AvgIpc) is 3.30. The van der Waals surface area contributed by atoms with Gasteiger partial charge in [-0.25, -0.2) is 9.67 Å². The number of nitrogens with zero attached hydrogens (tertiary/aromatic N) is 4. The van der Waals surface area contributed by atoms with E-state index in [0.717, 1.165) is 12.1 Å². The van der Waals surface area contributed by atoms with Crippen molar-refractivity contribution in [2.24, 2.45) is 0 Å². The first kappa shape index (κ1) is 21.0. The zero-order chi connectivity index (χ0) is 22.7.